The molecule has 0 aliphatic rings. The lowest BCUT2D eigenvalue weighted by Crippen LogP contribution is -2.06. The van der Waals surface area contributed by atoms with Gasteiger partial charge in [-0.25, -0.2) is 9.97 Å². The van der Waals surface area contributed by atoms with Gasteiger partial charge < -0.3 is 10.8 Å². The van der Waals surface area contributed by atoms with Crippen molar-refractivity contribution >= 4 is 0 Å². The largest absolute Gasteiger partial charge is 0.507 e. The molecule has 1 aromatic heterocycles. The van der Waals surface area contributed by atoms with Gasteiger partial charge in [0.2, 0.25) is 0 Å². The van der Waals surface area contributed by atoms with Crippen LogP contribution in [0.2, 0.25) is 0 Å². The van der Waals surface area contributed by atoms with Crippen molar-refractivity contribution in [1.29, 1.82) is 0 Å². The summed E-state index contributed by atoms with van der Waals surface area (Å²) in [5.74, 6) is 0.958. The molecular weight excluding hydrogens is 202 g/mol. The first kappa shape index (κ1) is 10.6. The van der Waals surface area contributed by atoms with Gasteiger partial charge in [0.25, 0.3) is 0 Å². The molecule has 0 aliphatic heterocycles. The minimum atomic E-state index is 0.234. The van der Waals surface area contributed by atoms with Crippen LogP contribution in [0.4, 0.5) is 0 Å². The van der Waals surface area contributed by atoms with E-state index in [-0.39, 0.29) is 5.75 Å². The smallest absolute Gasteiger partial charge is 0.129 e. The van der Waals surface area contributed by atoms with Crippen LogP contribution in [-0.2, 0) is 6.42 Å². The zero-order valence-corrected chi connectivity index (χ0v) is 8.80. The highest BCUT2D eigenvalue weighted by Gasteiger charge is 2.04. The zero-order chi connectivity index (χ0) is 11.4. The summed E-state index contributed by atoms with van der Waals surface area (Å²) in [5.41, 5.74) is 6.96. The summed E-state index contributed by atoms with van der Waals surface area (Å²) in [5, 5.41) is 9.66. The van der Waals surface area contributed by atoms with E-state index in [1.54, 1.807) is 24.5 Å². The van der Waals surface area contributed by atoms with Crippen LogP contribution in [-0.4, -0.2) is 21.6 Å². The Morgan fingerprint density at radius 2 is 1.81 bits per heavy atom. The number of hydrogen-bond acceptors (Lipinski definition) is 4. The van der Waals surface area contributed by atoms with Crippen LogP contribution in [0.5, 0.6) is 5.75 Å². The third-order valence-corrected chi connectivity index (χ3v) is 2.29. The maximum absolute atomic E-state index is 9.66. The lowest BCUT2D eigenvalue weighted by Gasteiger charge is -2.04. The van der Waals surface area contributed by atoms with Crippen molar-refractivity contribution in [3.8, 4) is 16.9 Å². The van der Waals surface area contributed by atoms with Crippen LogP contribution in [0.1, 0.15) is 5.82 Å². The van der Waals surface area contributed by atoms with Gasteiger partial charge in [-0.1, -0.05) is 18.2 Å². The van der Waals surface area contributed by atoms with Crippen molar-refractivity contribution in [1.82, 2.24) is 9.97 Å². The Morgan fingerprint density at radius 3 is 2.44 bits per heavy atom. The summed E-state index contributed by atoms with van der Waals surface area (Å²) in [6.45, 7) is 0.538. The molecule has 4 nitrogen and oxygen atoms in total. The number of phenolic OH excluding ortho intramolecular Hbond substituents is 1. The molecule has 16 heavy (non-hydrogen) atoms. The molecule has 4 heteroatoms. The minimum absolute atomic E-state index is 0.234. The van der Waals surface area contributed by atoms with E-state index in [1.807, 2.05) is 12.1 Å². The Morgan fingerprint density at radius 1 is 1.12 bits per heavy atom. The third kappa shape index (κ3) is 2.17. The molecule has 0 atom stereocenters. The second-order valence-corrected chi connectivity index (χ2v) is 3.44. The Balaban J connectivity index is 2.31. The van der Waals surface area contributed by atoms with Crippen molar-refractivity contribution < 1.29 is 5.11 Å². The van der Waals surface area contributed by atoms with Crippen molar-refractivity contribution in [2.45, 2.75) is 6.42 Å². The molecule has 82 valence electrons. The summed E-state index contributed by atoms with van der Waals surface area (Å²) in [7, 11) is 0. The first-order valence-corrected chi connectivity index (χ1v) is 5.10. The standard InChI is InChI=1S/C12H13N3O/c13-6-5-12-14-7-9(8-15-12)10-3-1-2-4-11(10)16/h1-4,7-8,16H,5-6,13H2. The predicted octanol–water partition coefficient (Wildman–Crippen LogP) is 1.35. The van der Waals surface area contributed by atoms with E-state index in [9.17, 15) is 5.11 Å². The number of benzene rings is 1. The highest BCUT2D eigenvalue weighted by molar-refractivity contribution is 5.68. The van der Waals surface area contributed by atoms with Crippen molar-refractivity contribution in [3.63, 3.8) is 0 Å². The Kier molecular flexibility index (Phi) is 3.12. The summed E-state index contributed by atoms with van der Waals surface area (Å²) in [6.07, 6.45) is 4.07. The molecule has 0 radical (unpaired) electrons. The number of phenols is 1. The van der Waals surface area contributed by atoms with Crippen molar-refractivity contribution in [2.24, 2.45) is 5.73 Å². The molecular formula is C12H13N3O. The van der Waals surface area contributed by atoms with Crippen LogP contribution in [0.3, 0.4) is 0 Å². The lowest BCUT2D eigenvalue weighted by molar-refractivity contribution is 0.477. The van der Waals surface area contributed by atoms with Gasteiger partial charge in [0.05, 0.1) is 0 Å². The molecule has 3 N–H and O–H groups in total. The molecule has 1 aromatic carbocycles. The summed E-state index contributed by atoms with van der Waals surface area (Å²) < 4.78 is 0. The van der Waals surface area contributed by atoms with Gasteiger partial charge in [-0.05, 0) is 12.6 Å². The van der Waals surface area contributed by atoms with Gasteiger partial charge in [0.15, 0.2) is 0 Å². The van der Waals surface area contributed by atoms with Crippen LogP contribution in [0.25, 0.3) is 11.1 Å². The Labute approximate surface area is 93.8 Å². The molecule has 0 unspecified atom stereocenters. The maximum atomic E-state index is 9.66. The summed E-state index contributed by atoms with van der Waals surface area (Å²) >= 11 is 0. The van der Waals surface area contributed by atoms with Crippen LogP contribution >= 0.6 is 0 Å². The van der Waals surface area contributed by atoms with Crippen LogP contribution < -0.4 is 5.73 Å². The average Bonchev–Trinajstić information content (AvgIpc) is 2.31. The van der Waals surface area contributed by atoms with Crippen molar-refractivity contribution in [2.75, 3.05) is 6.54 Å². The first-order chi connectivity index (χ1) is 7.81. The molecule has 0 saturated heterocycles. The molecule has 2 rings (SSSR count). The van der Waals surface area contributed by atoms with Gasteiger partial charge in [-0.2, -0.15) is 0 Å². The summed E-state index contributed by atoms with van der Waals surface area (Å²) in [4.78, 5) is 8.37. The van der Waals surface area contributed by atoms with Crippen LogP contribution in [0.15, 0.2) is 36.7 Å². The highest BCUT2D eigenvalue weighted by Crippen LogP contribution is 2.27. The topological polar surface area (TPSA) is 72.0 Å². The van der Waals surface area contributed by atoms with Gasteiger partial charge in [0.1, 0.15) is 11.6 Å². The number of nitrogens with two attached hydrogens (primary N) is 1. The van der Waals surface area contributed by atoms with Crippen molar-refractivity contribution in [3.05, 3.63) is 42.5 Å². The van der Waals surface area contributed by atoms with E-state index < -0.39 is 0 Å². The number of aromatic nitrogens is 2. The number of aromatic hydroxyl groups is 1. The fourth-order valence-electron chi connectivity index (χ4n) is 1.47. The lowest BCUT2D eigenvalue weighted by atomic mass is 10.1. The molecule has 2 aromatic rings. The van der Waals surface area contributed by atoms with E-state index in [0.717, 1.165) is 17.0 Å². The number of para-hydroxylation sites is 1. The molecule has 0 saturated carbocycles. The van der Waals surface area contributed by atoms with E-state index >= 15 is 0 Å². The van der Waals surface area contributed by atoms with Gasteiger partial charge in [-0.3, -0.25) is 0 Å². The quantitative estimate of drug-likeness (QED) is 0.810. The third-order valence-electron chi connectivity index (χ3n) is 2.29. The molecule has 0 aliphatic carbocycles. The number of nitrogens with zero attached hydrogens (tertiary/aromatic N) is 2. The average molecular weight is 215 g/mol. The number of hydrogen-bond donors (Lipinski definition) is 2. The first-order valence-electron chi connectivity index (χ1n) is 5.10. The predicted molar refractivity (Wildman–Crippen MR) is 61.9 cm³/mol. The SMILES string of the molecule is NCCc1ncc(-c2ccccc2O)cn1. The molecule has 0 spiro atoms. The Bertz CT molecular complexity index is 468. The van der Waals surface area contributed by atoms with E-state index in [0.29, 0.717) is 13.0 Å². The molecule has 0 bridgehead atoms. The Hall–Kier alpha value is -1.94. The maximum Gasteiger partial charge on any atom is 0.129 e. The fraction of sp³-hybridized carbons (Fsp3) is 0.167. The normalized spacial score (nSPS) is 10.3. The fourth-order valence-corrected chi connectivity index (χ4v) is 1.47. The number of rotatable bonds is 3. The molecule has 0 fully saturated rings. The monoisotopic (exact) mass is 215 g/mol. The van der Waals surface area contributed by atoms with E-state index in [2.05, 4.69) is 9.97 Å². The highest BCUT2D eigenvalue weighted by atomic mass is 16.3. The van der Waals surface area contributed by atoms with Gasteiger partial charge in [0, 0.05) is 29.9 Å². The second kappa shape index (κ2) is 4.72. The summed E-state index contributed by atoms with van der Waals surface area (Å²) in [6, 6.07) is 7.12. The molecule has 0 amide bonds. The zero-order valence-electron chi connectivity index (χ0n) is 8.80. The van der Waals surface area contributed by atoms with E-state index in [4.69, 9.17) is 5.73 Å². The van der Waals surface area contributed by atoms with Crippen LogP contribution in [0, 0.1) is 0 Å². The van der Waals surface area contributed by atoms with E-state index in [1.165, 1.54) is 0 Å². The molecule has 1 heterocycles. The van der Waals surface area contributed by atoms with Gasteiger partial charge in [-0.15, -0.1) is 0 Å². The minimum Gasteiger partial charge on any atom is -0.507 e. The second-order valence-electron chi connectivity index (χ2n) is 3.44. The van der Waals surface area contributed by atoms with Gasteiger partial charge >= 0.3 is 0 Å².